The molecule has 0 aliphatic rings. The molecule has 1 aromatic carbocycles. The number of carboxylic acid groups (broad SMARTS) is 1. The van der Waals surface area contributed by atoms with Crippen LogP contribution >= 0.6 is 19.4 Å². The smallest absolute Gasteiger partial charge is 0.478 e. The van der Waals surface area contributed by atoms with Crippen molar-refractivity contribution < 1.29 is 28.0 Å². The average molecular weight is 281 g/mol. The number of rotatable bonds is 5. The second-order valence-corrected chi connectivity index (χ2v) is 5.07. The molecule has 17 heavy (non-hydrogen) atoms. The van der Waals surface area contributed by atoms with Crippen LogP contribution in [0.2, 0.25) is 5.02 Å². The predicted molar refractivity (Wildman–Crippen MR) is 60.7 cm³/mol. The van der Waals surface area contributed by atoms with E-state index in [1.165, 1.54) is 18.2 Å². The number of carbonyl (C=O) groups is 1. The van der Waals surface area contributed by atoms with Gasteiger partial charge in [-0.05, 0) is 18.2 Å². The molecule has 0 heterocycles. The van der Waals surface area contributed by atoms with Gasteiger partial charge in [-0.3, -0.25) is 9.05 Å². The number of aromatic carboxylic acids is 1. The highest BCUT2D eigenvalue weighted by molar-refractivity contribution is 7.48. The number of phosphoric ester groups is 1. The molecule has 1 rings (SSSR count). The third-order valence-electron chi connectivity index (χ3n) is 1.84. The van der Waals surface area contributed by atoms with Gasteiger partial charge in [-0.1, -0.05) is 11.6 Å². The Morgan fingerprint density at radius 2 is 1.94 bits per heavy atom. The van der Waals surface area contributed by atoms with Gasteiger partial charge in [0, 0.05) is 14.2 Å². The van der Waals surface area contributed by atoms with Crippen LogP contribution in [0.5, 0.6) is 5.75 Å². The first kappa shape index (κ1) is 14.0. The van der Waals surface area contributed by atoms with Crippen LogP contribution in [-0.2, 0) is 13.6 Å². The molecule has 0 spiro atoms. The highest BCUT2D eigenvalue weighted by atomic mass is 35.5. The molecule has 0 unspecified atom stereocenters. The van der Waals surface area contributed by atoms with Gasteiger partial charge in [-0.15, -0.1) is 0 Å². The first-order valence-electron chi connectivity index (χ1n) is 4.36. The lowest BCUT2D eigenvalue weighted by atomic mass is 10.2. The zero-order valence-corrected chi connectivity index (χ0v) is 10.7. The summed E-state index contributed by atoms with van der Waals surface area (Å²) in [4.78, 5) is 10.7. The standard InChI is InChI=1S/C9H10ClO6P/c1-14-17(13,15-2)16-8-4-3-6(9(11)12)5-7(8)10/h3-5H,1-2H3,(H,11,12). The molecule has 94 valence electrons. The number of benzene rings is 1. The molecular weight excluding hydrogens is 271 g/mol. The highest BCUT2D eigenvalue weighted by Gasteiger charge is 2.26. The Bertz CT molecular complexity index is 467. The lowest BCUT2D eigenvalue weighted by Crippen LogP contribution is -2.00. The lowest BCUT2D eigenvalue weighted by molar-refractivity contribution is 0.0697. The third-order valence-corrected chi connectivity index (χ3v) is 3.45. The van der Waals surface area contributed by atoms with E-state index < -0.39 is 13.8 Å². The van der Waals surface area contributed by atoms with Crippen LogP contribution in [0.15, 0.2) is 18.2 Å². The minimum atomic E-state index is -3.70. The summed E-state index contributed by atoms with van der Waals surface area (Å²) < 4.78 is 25.7. The van der Waals surface area contributed by atoms with Crippen molar-refractivity contribution in [3.05, 3.63) is 28.8 Å². The summed E-state index contributed by atoms with van der Waals surface area (Å²) >= 11 is 5.77. The molecule has 0 bridgehead atoms. The fourth-order valence-corrected chi connectivity index (χ4v) is 1.95. The van der Waals surface area contributed by atoms with E-state index in [9.17, 15) is 9.36 Å². The number of halogens is 1. The SMILES string of the molecule is COP(=O)(OC)Oc1ccc(C(=O)O)cc1Cl. The normalized spacial score (nSPS) is 11.2. The Morgan fingerprint density at radius 3 is 2.35 bits per heavy atom. The molecule has 1 aromatic rings. The second-order valence-electron chi connectivity index (χ2n) is 2.85. The first-order chi connectivity index (χ1) is 7.91. The quantitative estimate of drug-likeness (QED) is 0.835. The molecule has 0 fully saturated rings. The van der Waals surface area contributed by atoms with E-state index >= 15 is 0 Å². The Kier molecular flexibility index (Phi) is 4.54. The molecule has 0 saturated heterocycles. The minimum Gasteiger partial charge on any atom is -0.478 e. The fourth-order valence-electron chi connectivity index (χ4n) is 0.977. The Hall–Kier alpha value is -1.07. The zero-order valence-electron chi connectivity index (χ0n) is 9.05. The van der Waals surface area contributed by atoms with Gasteiger partial charge in [0.25, 0.3) is 0 Å². The summed E-state index contributed by atoms with van der Waals surface area (Å²) in [6.45, 7) is 0. The van der Waals surface area contributed by atoms with Crippen molar-refractivity contribution >= 4 is 25.4 Å². The van der Waals surface area contributed by atoms with Crippen molar-refractivity contribution in [2.45, 2.75) is 0 Å². The van der Waals surface area contributed by atoms with Crippen molar-refractivity contribution in [1.82, 2.24) is 0 Å². The van der Waals surface area contributed by atoms with Gasteiger partial charge >= 0.3 is 13.8 Å². The van der Waals surface area contributed by atoms with E-state index in [1.807, 2.05) is 0 Å². The van der Waals surface area contributed by atoms with Crippen molar-refractivity contribution in [1.29, 1.82) is 0 Å². The lowest BCUT2D eigenvalue weighted by Gasteiger charge is -2.15. The fraction of sp³-hybridized carbons (Fsp3) is 0.222. The van der Waals surface area contributed by atoms with Crippen LogP contribution in [0.3, 0.4) is 0 Å². The topological polar surface area (TPSA) is 82.1 Å². The predicted octanol–water partition coefficient (Wildman–Crippen LogP) is 2.82. The van der Waals surface area contributed by atoms with Gasteiger partial charge in [0.15, 0.2) is 0 Å². The van der Waals surface area contributed by atoms with Crippen LogP contribution in [0.4, 0.5) is 0 Å². The molecule has 1 N–H and O–H groups in total. The molecule has 6 nitrogen and oxygen atoms in total. The van der Waals surface area contributed by atoms with Gasteiger partial charge < -0.3 is 9.63 Å². The summed E-state index contributed by atoms with van der Waals surface area (Å²) in [6, 6.07) is 3.71. The van der Waals surface area contributed by atoms with E-state index in [1.54, 1.807) is 0 Å². The van der Waals surface area contributed by atoms with Crippen LogP contribution < -0.4 is 4.52 Å². The summed E-state index contributed by atoms with van der Waals surface area (Å²) in [7, 11) is -1.39. The van der Waals surface area contributed by atoms with Gasteiger partial charge in [-0.2, -0.15) is 0 Å². The number of carboxylic acids is 1. The van der Waals surface area contributed by atoms with Crippen molar-refractivity contribution in [2.75, 3.05) is 14.2 Å². The third kappa shape index (κ3) is 3.44. The van der Waals surface area contributed by atoms with Crippen molar-refractivity contribution in [3.8, 4) is 5.75 Å². The highest BCUT2D eigenvalue weighted by Crippen LogP contribution is 2.49. The van der Waals surface area contributed by atoms with Gasteiger partial charge in [0.1, 0.15) is 5.75 Å². The summed E-state index contributed by atoms with van der Waals surface area (Å²) in [5.41, 5.74) is -0.00739. The van der Waals surface area contributed by atoms with E-state index in [0.29, 0.717) is 0 Å². The molecule has 0 saturated carbocycles. The maximum atomic E-state index is 11.6. The van der Waals surface area contributed by atoms with E-state index in [0.717, 1.165) is 14.2 Å². The number of hydrogen-bond acceptors (Lipinski definition) is 5. The van der Waals surface area contributed by atoms with Crippen molar-refractivity contribution in [3.63, 3.8) is 0 Å². The van der Waals surface area contributed by atoms with Crippen LogP contribution in [-0.4, -0.2) is 25.3 Å². The maximum absolute atomic E-state index is 11.6. The van der Waals surface area contributed by atoms with Crippen molar-refractivity contribution in [2.24, 2.45) is 0 Å². The molecule has 0 atom stereocenters. The number of hydrogen-bond donors (Lipinski definition) is 1. The molecule has 0 aromatic heterocycles. The molecule has 0 radical (unpaired) electrons. The zero-order chi connectivity index (χ0) is 13.1. The molecular formula is C9H10ClO6P. The van der Waals surface area contributed by atoms with E-state index in [4.69, 9.17) is 21.2 Å². The molecule has 0 aliphatic heterocycles. The summed E-state index contributed by atoms with van der Waals surface area (Å²) in [5, 5.41) is 8.72. The molecule has 8 heteroatoms. The summed E-state index contributed by atoms with van der Waals surface area (Å²) in [5.74, 6) is -1.11. The summed E-state index contributed by atoms with van der Waals surface area (Å²) in [6.07, 6.45) is 0. The monoisotopic (exact) mass is 280 g/mol. The number of phosphoric acid groups is 1. The Balaban J connectivity index is 3.01. The minimum absolute atomic E-state index is 0.000718. The second kappa shape index (κ2) is 5.51. The maximum Gasteiger partial charge on any atom is 0.529 e. The van der Waals surface area contributed by atoms with Gasteiger partial charge in [-0.25, -0.2) is 9.36 Å². The van der Waals surface area contributed by atoms with E-state index in [-0.39, 0.29) is 16.3 Å². The Morgan fingerprint density at radius 1 is 1.35 bits per heavy atom. The first-order valence-corrected chi connectivity index (χ1v) is 6.19. The van der Waals surface area contributed by atoms with Crippen LogP contribution in [0, 0.1) is 0 Å². The Labute approximate surface area is 103 Å². The average Bonchev–Trinajstić information content (AvgIpc) is 2.31. The molecule has 0 aliphatic carbocycles. The van der Waals surface area contributed by atoms with E-state index in [2.05, 4.69) is 9.05 Å². The molecule has 0 amide bonds. The van der Waals surface area contributed by atoms with Crippen LogP contribution in [0.1, 0.15) is 10.4 Å². The van der Waals surface area contributed by atoms with Gasteiger partial charge in [0.2, 0.25) is 0 Å². The van der Waals surface area contributed by atoms with Gasteiger partial charge in [0.05, 0.1) is 10.6 Å². The van der Waals surface area contributed by atoms with Crippen LogP contribution in [0.25, 0.3) is 0 Å². The largest absolute Gasteiger partial charge is 0.529 e.